The first-order valence-electron chi connectivity index (χ1n) is 14.1. The monoisotopic (exact) mass is 531 g/mol. The normalized spacial score (nSPS) is 23.1. The first-order valence-corrected chi connectivity index (χ1v) is 14.1. The molecule has 0 aromatic heterocycles. The summed E-state index contributed by atoms with van der Waals surface area (Å²) in [4.78, 5) is 4.72. The van der Waals surface area contributed by atoms with E-state index in [0.29, 0.717) is 23.5 Å². The maximum absolute atomic E-state index is 14.2. The number of likely N-dealkylation sites (tertiary alicyclic amines) is 2. The number of rotatable bonds is 9. The van der Waals surface area contributed by atoms with Crippen molar-refractivity contribution in [3.05, 3.63) is 53.1 Å². The van der Waals surface area contributed by atoms with Crippen molar-refractivity contribution in [3.63, 3.8) is 0 Å². The second-order valence-corrected chi connectivity index (χ2v) is 10.9. The molecular formula is C30H38F3N2O3. The molecule has 1 saturated carbocycles. The van der Waals surface area contributed by atoms with E-state index < -0.39 is 11.7 Å². The van der Waals surface area contributed by atoms with Crippen LogP contribution in [0.1, 0.15) is 68.1 Å². The Balaban J connectivity index is 1.32. The van der Waals surface area contributed by atoms with E-state index in [2.05, 4.69) is 15.9 Å². The number of aromatic hydroxyl groups is 1. The lowest BCUT2D eigenvalue weighted by atomic mass is 9.91. The third-order valence-electron chi connectivity index (χ3n) is 8.12. The zero-order valence-electron chi connectivity index (χ0n) is 21.9. The topological polar surface area (TPSA) is 45.2 Å². The summed E-state index contributed by atoms with van der Waals surface area (Å²) in [5, 5.41) is 9.97. The van der Waals surface area contributed by atoms with Gasteiger partial charge in [-0.1, -0.05) is 12.5 Å². The van der Waals surface area contributed by atoms with Crippen molar-refractivity contribution < 1.29 is 27.8 Å². The Morgan fingerprint density at radius 3 is 2.42 bits per heavy atom. The molecule has 1 N–H and O–H groups in total. The summed E-state index contributed by atoms with van der Waals surface area (Å²) in [5.74, 6) is 0.382. The van der Waals surface area contributed by atoms with Gasteiger partial charge in [-0.05, 0) is 101 Å². The lowest BCUT2D eigenvalue weighted by molar-refractivity contribution is -0.139. The van der Waals surface area contributed by atoms with Gasteiger partial charge in [0.15, 0.2) is 0 Å². The van der Waals surface area contributed by atoms with Crippen LogP contribution < -0.4 is 9.47 Å². The van der Waals surface area contributed by atoms with Crippen molar-refractivity contribution in [2.24, 2.45) is 0 Å². The van der Waals surface area contributed by atoms with E-state index in [-0.39, 0.29) is 30.1 Å². The standard InChI is InChI=1S/C30H38F3N2O3/c31-30(32,33)25-20-22(9-12-27(25)38-28-8-2-1-7-26(28)35-15-5-6-16-35)19-23-10-11-24(36)21-29(23)37-18-17-34-13-3-4-14-34/h9,11-12,20-21,26,28,36H,1-8,13-19H2. The van der Waals surface area contributed by atoms with Crippen LogP contribution in [0.2, 0.25) is 0 Å². The number of alkyl halides is 3. The fraction of sp³-hybridized carbons (Fsp3) is 0.600. The van der Waals surface area contributed by atoms with E-state index in [0.717, 1.165) is 71.2 Å². The molecule has 0 spiro atoms. The van der Waals surface area contributed by atoms with Crippen molar-refractivity contribution in [2.45, 2.75) is 76.1 Å². The molecule has 38 heavy (non-hydrogen) atoms. The molecule has 2 heterocycles. The predicted molar refractivity (Wildman–Crippen MR) is 140 cm³/mol. The molecule has 2 unspecified atom stereocenters. The molecule has 2 atom stereocenters. The third kappa shape index (κ3) is 6.75. The van der Waals surface area contributed by atoms with E-state index in [1.165, 1.54) is 37.1 Å². The Morgan fingerprint density at radius 1 is 0.921 bits per heavy atom. The molecule has 2 saturated heterocycles. The van der Waals surface area contributed by atoms with E-state index in [9.17, 15) is 18.3 Å². The first kappa shape index (κ1) is 27.1. The van der Waals surface area contributed by atoms with Gasteiger partial charge < -0.3 is 14.6 Å². The van der Waals surface area contributed by atoms with E-state index in [1.807, 2.05) is 0 Å². The smallest absolute Gasteiger partial charge is 0.419 e. The summed E-state index contributed by atoms with van der Waals surface area (Å²) >= 11 is 0. The second kappa shape index (κ2) is 12.2. The quantitative estimate of drug-likeness (QED) is 0.426. The van der Waals surface area contributed by atoms with Crippen molar-refractivity contribution in [3.8, 4) is 17.2 Å². The van der Waals surface area contributed by atoms with Gasteiger partial charge in [0.2, 0.25) is 0 Å². The van der Waals surface area contributed by atoms with Crippen LogP contribution in [0.25, 0.3) is 0 Å². The minimum Gasteiger partial charge on any atom is -0.508 e. The maximum Gasteiger partial charge on any atom is 0.419 e. The largest absolute Gasteiger partial charge is 0.508 e. The van der Waals surface area contributed by atoms with Gasteiger partial charge in [0.1, 0.15) is 30.0 Å². The van der Waals surface area contributed by atoms with Gasteiger partial charge >= 0.3 is 6.18 Å². The summed E-state index contributed by atoms with van der Waals surface area (Å²) in [5.41, 5.74) is 0.374. The van der Waals surface area contributed by atoms with Gasteiger partial charge in [0.05, 0.1) is 5.56 Å². The van der Waals surface area contributed by atoms with Crippen molar-refractivity contribution >= 4 is 0 Å². The first-order chi connectivity index (χ1) is 18.4. The van der Waals surface area contributed by atoms with Gasteiger partial charge in [-0.3, -0.25) is 9.80 Å². The molecule has 0 amide bonds. The molecular weight excluding hydrogens is 493 g/mol. The van der Waals surface area contributed by atoms with Crippen molar-refractivity contribution in [2.75, 3.05) is 39.3 Å². The van der Waals surface area contributed by atoms with Crippen molar-refractivity contribution in [1.29, 1.82) is 0 Å². The minimum absolute atomic E-state index is 0.0182. The van der Waals surface area contributed by atoms with Gasteiger partial charge in [-0.25, -0.2) is 0 Å². The Morgan fingerprint density at radius 2 is 1.66 bits per heavy atom. The number of phenolic OH excluding ortho intramolecular Hbond substituents is 1. The Hall–Kier alpha value is -2.45. The van der Waals surface area contributed by atoms with Crippen LogP contribution in [0, 0.1) is 6.07 Å². The molecule has 2 aromatic carbocycles. The number of benzene rings is 2. The van der Waals surface area contributed by atoms with Gasteiger partial charge in [-0.15, -0.1) is 0 Å². The molecule has 2 aliphatic heterocycles. The fourth-order valence-electron chi connectivity index (χ4n) is 6.14. The molecule has 8 heteroatoms. The van der Waals surface area contributed by atoms with Gasteiger partial charge in [0, 0.05) is 30.6 Å². The summed E-state index contributed by atoms with van der Waals surface area (Å²) in [6.45, 7) is 5.33. The number of halogens is 3. The third-order valence-corrected chi connectivity index (χ3v) is 8.12. The zero-order chi connectivity index (χ0) is 26.5. The van der Waals surface area contributed by atoms with Crippen LogP contribution in [0.15, 0.2) is 30.3 Å². The van der Waals surface area contributed by atoms with E-state index >= 15 is 0 Å². The average Bonchev–Trinajstić information content (AvgIpc) is 3.61. The minimum atomic E-state index is -4.53. The number of hydrogen-bond acceptors (Lipinski definition) is 5. The molecule has 3 aliphatic rings. The van der Waals surface area contributed by atoms with Crippen LogP contribution in [0.3, 0.4) is 0 Å². The van der Waals surface area contributed by atoms with Crippen LogP contribution in [0.5, 0.6) is 17.2 Å². The highest BCUT2D eigenvalue weighted by Gasteiger charge is 2.38. The summed E-state index contributed by atoms with van der Waals surface area (Å²) in [7, 11) is 0. The lowest BCUT2D eigenvalue weighted by Crippen LogP contribution is -2.46. The summed E-state index contributed by atoms with van der Waals surface area (Å²) in [6, 6.07) is 10.5. The van der Waals surface area contributed by atoms with E-state index in [1.54, 1.807) is 6.07 Å². The molecule has 1 radical (unpaired) electrons. The van der Waals surface area contributed by atoms with Crippen LogP contribution in [-0.2, 0) is 12.6 Å². The molecule has 5 rings (SSSR count). The van der Waals surface area contributed by atoms with Crippen LogP contribution in [0.4, 0.5) is 13.2 Å². The number of hydrogen-bond donors (Lipinski definition) is 1. The predicted octanol–water partition coefficient (Wildman–Crippen LogP) is 6.06. The van der Waals surface area contributed by atoms with Crippen molar-refractivity contribution in [1.82, 2.24) is 9.80 Å². The highest BCUT2D eigenvalue weighted by Crippen LogP contribution is 2.40. The lowest BCUT2D eigenvalue weighted by Gasteiger charge is -2.38. The van der Waals surface area contributed by atoms with E-state index in [4.69, 9.17) is 9.47 Å². The Bertz CT molecular complexity index is 1070. The summed E-state index contributed by atoms with van der Waals surface area (Å²) < 4.78 is 54.7. The number of phenols is 1. The fourth-order valence-corrected chi connectivity index (χ4v) is 6.14. The van der Waals surface area contributed by atoms with Crippen LogP contribution >= 0.6 is 0 Å². The highest BCUT2D eigenvalue weighted by molar-refractivity contribution is 5.45. The second-order valence-electron chi connectivity index (χ2n) is 10.9. The Kier molecular flexibility index (Phi) is 8.68. The molecule has 1 aliphatic carbocycles. The summed E-state index contributed by atoms with van der Waals surface area (Å²) in [6.07, 6.45) is 3.94. The average molecular weight is 532 g/mol. The number of nitrogens with zero attached hydrogens (tertiary/aromatic N) is 2. The Labute approximate surface area is 223 Å². The molecule has 0 bridgehead atoms. The number of ether oxygens (including phenoxy) is 2. The highest BCUT2D eigenvalue weighted by atomic mass is 19.4. The molecule has 2 aromatic rings. The molecule has 207 valence electrons. The van der Waals surface area contributed by atoms with Crippen LogP contribution in [-0.4, -0.2) is 66.4 Å². The van der Waals surface area contributed by atoms with Gasteiger partial charge in [0.25, 0.3) is 0 Å². The zero-order valence-corrected chi connectivity index (χ0v) is 21.9. The SMILES string of the molecule is Oc1c[c]c(Cc2ccc(OC3CCCCC3N3CCCC3)c(C(F)(F)F)c2)c(OCCN2CCCC2)c1. The van der Waals surface area contributed by atoms with Gasteiger partial charge in [-0.2, -0.15) is 13.2 Å². The molecule has 3 fully saturated rings. The molecule has 5 nitrogen and oxygen atoms in total. The maximum atomic E-state index is 14.2.